The number of halogens is 1. The van der Waals surface area contributed by atoms with Crippen LogP contribution in [0.5, 0.6) is 5.75 Å². The molecule has 23 heavy (non-hydrogen) atoms. The van der Waals surface area contributed by atoms with Gasteiger partial charge in [-0.15, -0.1) is 0 Å². The van der Waals surface area contributed by atoms with Crippen LogP contribution in [0.3, 0.4) is 0 Å². The van der Waals surface area contributed by atoms with Crippen LogP contribution < -0.4 is 4.74 Å². The summed E-state index contributed by atoms with van der Waals surface area (Å²) in [5, 5.41) is 0. The van der Waals surface area contributed by atoms with E-state index in [2.05, 4.69) is 0 Å². The highest BCUT2D eigenvalue weighted by molar-refractivity contribution is 14.2. The molecule has 2 fully saturated rings. The monoisotopic (exact) mass is 430 g/mol. The van der Waals surface area contributed by atoms with Crippen molar-refractivity contribution in [1.82, 2.24) is 0 Å². The molecule has 1 aromatic carbocycles. The van der Waals surface area contributed by atoms with Gasteiger partial charge in [-0.05, 0) is 38.8 Å². The number of hydrogen-bond donors (Lipinski definition) is 0. The summed E-state index contributed by atoms with van der Waals surface area (Å²) in [6, 6.07) is 7.49. The average molecular weight is 430 g/mol. The zero-order valence-corrected chi connectivity index (χ0v) is 15.3. The fourth-order valence-electron chi connectivity index (χ4n) is 2.70. The fraction of sp³-hybridized carbons (Fsp3) is 0.471. The standard InChI is InChI=1S/C17H19IO5/c1-11(2)21-13-8-4-3-7-12(13)18-14-15(19)22-17(23-16(14)20)9-5-6-10-17/h3-4,7-8,11H,5-6,9-10H2,1-2H3. The Labute approximate surface area is 145 Å². The summed E-state index contributed by atoms with van der Waals surface area (Å²) in [6.45, 7) is 3.88. The Bertz CT molecular complexity index is 637. The molecule has 1 saturated heterocycles. The van der Waals surface area contributed by atoms with Gasteiger partial charge in [0.25, 0.3) is 5.79 Å². The number of hydrogen-bond acceptors (Lipinski definition) is 5. The first kappa shape index (κ1) is 16.4. The Morgan fingerprint density at radius 3 is 2.30 bits per heavy atom. The van der Waals surface area contributed by atoms with Crippen molar-refractivity contribution < 1.29 is 23.8 Å². The molecule has 0 bridgehead atoms. The van der Waals surface area contributed by atoms with Gasteiger partial charge in [-0.1, -0.05) is 32.9 Å². The molecule has 0 aromatic heterocycles. The number of para-hydroxylation sites is 1. The van der Waals surface area contributed by atoms with Gasteiger partial charge in [0, 0.05) is 12.8 Å². The SMILES string of the molecule is CC(C)Oc1ccccc1I=C1C(=O)OC2(CCCC2)OC1=O. The van der Waals surface area contributed by atoms with Crippen LogP contribution in [-0.2, 0) is 19.1 Å². The zero-order valence-electron chi connectivity index (χ0n) is 13.1. The van der Waals surface area contributed by atoms with E-state index in [-0.39, 0.29) is 9.61 Å². The van der Waals surface area contributed by atoms with E-state index in [1.54, 1.807) is 0 Å². The van der Waals surface area contributed by atoms with Gasteiger partial charge in [-0.2, -0.15) is 0 Å². The molecule has 0 amide bonds. The Balaban J connectivity index is 1.88. The molecule has 0 atom stereocenters. The molecule has 0 unspecified atom stereocenters. The number of ether oxygens (including phenoxy) is 3. The van der Waals surface area contributed by atoms with E-state index >= 15 is 0 Å². The van der Waals surface area contributed by atoms with Crippen molar-refractivity contribution in [1.29, 1.82) is 0 Å². The molecule has 2 aliphatic rings. The van der Waals surface area contributed by atoms with Crippen LogP contribution >= 0.6 is 20.7 Å². The molecule has 5 nitrogen and oxygen atoms in total. The number of rotatable bonds is 3. The van der Waals surface area contributed by atoms with E-state index in [9.17, 15) is 9.59 Å². The Morgan fingerprint density at radius 2 is 1.70 bits per heavy atom. The second-order valence-electron chi connectivity index (χ2n) is 5.90. The third kappa shape index (κ3) is 3.57. The molecule has 1 spiro atoms. The summed E-state index contributed by atoms with van der Waals surface area (Å²) in [5.74, 6) is -1.33. The number of esters is 2. The van der Waals surface area contributed by atoms with Crippen LogP contribution in [0.1, 0.15) is 39.5 Å². The summed E-state index contributed by atoms with van der Waals surface area (Å²) in [5.41, 5.74) is 0. The molecule has 1 aliphatic heterocycles. The zero-order chi connectivity index (χ0) is 16.4. The summed E-state index contributed by atoms with van der Waals surface area (Å²) in [4.78, 5) is 24.7. The lowest BCUT2D eigenvalue weighted by Crippen LogP contribution is -2.48. The molecule has 1 heterocycles. The van der Waals surface area contributed by atoms with Crippen molar-refractivity contribution in [3.63, 3.8) is 0 Å². The van der Waals surface area contributed by atoms with E-state index < -0.39 is 38.5 Å². The van der Waals surface area contributed by atoms with E-state index in [1.807, 2.05) is 38.1 Å². The van der Waals surface area contributed by atoms with Crippen LogP contribution in [-0.4, -0.2) is 27.3 Å². The maximum atomic E-state index is 12.3. The molecular weight excluding hydrogens is 411 g/mol. The summed E-state index contributed by atoms with van der Waals surface area (Å²) >= 11 is -1.02. The van der Waals surface area contributed by atoms with E-state index in [4.69, 9.17) is 14.2 Å². The number of carbonyl (C=O) groups is 2. The van der Waals surface area contributed by atoms with E-state index in [0.717, 1.165) is 16.4 Å². The smallest absolute Gasteiger partial charge is 0.354 e. The van der Waals surface area contributed by atoms with Crippen molar-refractivity contribution in [3.05, 3.63) is 27.8 Å². The van der Waals surface area contributed by atoms with Gasteiger partial charge in [0.05, 0.1) is 9.67 Å². The normalized spacial score (nSPS) is 19.9. The highest BCUT2D eigenvalue weighted by Crippen LogP contribution is 2.38. The van der Waals surface area contributed by atoms with Gasteiger partial charge in [-0.3, -0.25) is 0 Å². The first-order chi connectivity index (χ1) is 11.0. The molecule has 124 valence electrons. The summed E-state index contributed by atoms with van der Waals surface area (Å²) in [6.07, 6.45) is 3.05. The van der Waals surface area contributed by atoms with Gasteiger partial charge in [-0.25, -0.2) is 9.59 Å². The maximum Gasteiger partial charge on any atom is 0.354 e. The highest BCUT2D eigenvalue weighted by atomic mass is 127. The Morgan fingerprint density at radius 1 is 1.09 bits per heavy atom. The first-order valence-corrected chi connectivity index (χ1v) is 9.89. The lowest BCUT2D eigenvalue weighted by molar-refractivity contribution is -0.224. The van der Waals surface area contributed by atoms with Crippen LogP contribution in [0, 0.1) is 3.57 Å². The van der Waals surface area contributed by atoms with E-state index in [1.165, 1.54) is 0 Å². The largest absolute Gasteiger partial charge is 0.490 e. The lowest BCUT2D eigenvalue weighted by Gasteiger charge is -2.32. The minimum absolute atomic E-state index is 0.0252. The molecule has 1 saturated carbocycles. The van der Waals surface area contributed by atoms with Crippen molar-refractivity contribution in [2.24, 2.45) is 0 Å². The predicted octanol–water partition coefficient (Wildman–Crippen LogP) is 3.16. The second kappa shape index (κ2) is 6.59. The third-order valence-corrected chi connectivity index (χ3v) is 6.57. The topological polar surface area (TPSA) is 61.8 Å². The van der Waals surface area contributed by atoms with Crippen molar-refractivity contribution in [3.8, 4) is 5.75 Å². The summed E-state index contributed by atoms with van der Waals surface area (Å²) < 4.78 is 17.7. The van der Waals surface area contributed by atoms with Crippen molar-refractivity contribution >= 4 is 36.2 Å². The van der Waals surface area contributed by atoms with E-state index in [0.29, 0.717) is 18.6 Å². The third-order valence-electron chi connectivity index (χ3n) is 3.68. The molecule has 0 N–H and O–H groups in total. The molecule has 0 radical (unpaired) electrons. The molecule has 1 aliphatic carbocycles. The van der Waals surface area contributed by atoms with Crippen LogP contribution in [0.25, 0.3) is 0 Å². The van der Waals surface area contributed by atoms with Crippen molar-refractivity contribution in [2.45, 2.75) is 51.4 Å². The number of carbonyl (C=O) groups excluding carboxylic acids is 2. The minimum Gasteiger partial charge on any atom is -0.490 e. The molecule has 6 heteroatoms. The van der Waals surface area contributed by atoms with Crippen LogP contribution in [0.15, 0.2) is 24.3 Å². The average Bonchev–Trinajstić information content (AvgIpc) is 2.91. The van der Waals surface area contributed by atoms with Gasteiger partial charge in [0.1, 0.15) is 5.75 Å². The van der Waals surface area contributed by atoms with Gasteiger partial charge in [0.15, 0.2) is 3.51 Å². The van der Waals surface area contributed by atoms with Crippen molar-refractivity contribution in [2.75, 3.05) is 0 Å². The van der Waals surface area contributed by atoms with Gasteiger partial charge in [0.2, 0.25) is 0 Å². The maximum absolute atomic E-state index is 12.3. The Hall–Kier alpha value is -1.44. The van der Waals surface area contributed by atoms with Gasteiger partial charge >= 0.3 is 11.9 Å². The molecule has 1 aromatic rings. The fourth-order valence-corrected chi connectivity index (χ4v) is 4.90. The van der Waals surface area contributed by atoms with Gasteiger partial charge < -0.3 is 14.2 Å². The summed E-state index contributed by atoms with van der Waals surface area (Å²) in [7, 11) is 0. The van der Waals surface area contributed by atoms with Crippen LogP contribution in [0.2, 0.25) is 0 Å². The minimum atomic E-state index is -1.02. The second-order valence-corrected chi connectivity index (χ2v) is 8.68. The quantitative estimate of drug-likeness (QED) is 0.545. The molecule has 3 rings (SSSR count). The predicted molar refractivity (Wildman–Crippen MR) is 93.3 cm³/mol. The Kier molecular flexibility index (Phi) is 4.70. The lowest BCUT2D eigenvalue weighted by atomic mass is 10.2. The molecular formula is C17H19IO5. The first-order valence-electron chi connectivity index (χ1n) is 7.73. The number of benzene rings is 1. The van der Waals surface area contributed by atoms with Crippen LogP contribution in [0.4, 0.5) is 0 Å². The highest BCUT2D eigenvalue weighted by Gasteiger charge is 2.48.